The molecule has 0 spiro atoms. The largest absolute Gasteiger partial charge is 0.409 e. The molecular weight excluding hydrogens is 224 g/mol. The van der Waals surface area contributed by atoms with Gasteiger partial charge >= 0.3 is 0 Å². The highest BCUT2D eigenvalue weighted by Gasteiger charge is 2.18. The Hall–Kier alpha value is -2.29. The summed E-state index contributed by atoms with van der Waals surface area (Å²) in [6.45, 7) is 2.03. The van der Waals surface area contributed by atoms with Crippen LogP contribution < -0.4 is 5.73 Å². The van der Waals surface area contributed by atoms with E-state index in [0.29, 0.717) is 0 Å². The Bertz CT molecular complexity index is 532. The lowest BCUT2D eigenvalue weighted by atomic mass is 9.90. The van der Waals surface area contributed by atoms with Gasteiger partial charge in [0.05, 0.1) is 5.92 Å². The average Bonchev–Trinajstić information content (AvgIpc) is 2.42. The first-order valence-corrected chi connectivity index (χ1v) is 5.81. The van der Waals surface area contributed by atoms with E-state index in [4.69, 9.17) is 10.9 Å². The highest BCUT2D eigenvalue weighted by atomic mass is 16.4. The summed E-state index contributed by atoms with van der Waals surface area (Å²) in [7, 11) is 0. The minimum absolute atomic E-state index is 0.199. The van der Waals surface area contributed by atoms with Crippen LogP contribution in [0.5, 0.6) is 0 Å². The van der Waals surface area contributed by atoms with Gasteiger partial charge in [-0.1, -0.05) is 65.3 Å². The van der Waals surface area contributed by atoms with Gasteiger partial charge in [0.25, 0.3) is 0 Å². The molecule has 0 fully saturated rings. The molecule has 0 aromatic heterocycles. The van der Waals surface area contributed by atoms with E-state index in [2.05, 4.69) is 5.16 Å². The zero-order valence-electron chi connectivity index (χ0n) is 10.2. The van der Waals surface area contributed by atoms with Crippen LogP contribution in [0.2, 0.25) is 0 Å². The van der Waals surface area contributed by atoms with Gasteiger partial charge < -0.3 is 10.9 Å². The van der Waals surface area contributed by atoms with Crippen molar-refractivity contribution in [1.29, 1.82) is 0 Å². The second-order valence-corrected chi connectivity index (χ2v) is 4.28. The third-order valence-electron chi connectivity index (χ3n) is 2.95. The van der Waals surface area contributed by atoms with E-state index in [0.717, 1.165) is 11.1 Å². The summed E-state index contributed by atoms with van der Waals surface area (Å²) in [5.41, 5.74) is 9.03. The molecule has 0 aliphatic rings. The molecule has 0 bridgehead atoms. The van der Waals surface area contributed by atoms with E-state index in [1.807, 2.05) is 61.5 Å². The summed E-state index contributed by atoms with van der Waals surface area (Å²) >= 11 is 0. The maximum absolute atomic E-state index is 8.95. The number of rotatable bonds is 3. The van der Waals surface area contributed by atoms with Gasteiger partial charge in [0.15, 0.2) is 5.84 Å². The molecule has 0 saturated heterocycles. The molecule has 0 aliphatic heterocycles. The number of nitrogens with two attached hydrogens (primary N) is 1. The molecule has 3 N–H and O–H groups in total. The molecule has 0 saturated carbocycles. The van der Waals surface area contributed by atoms with Crippen LogP contribution in [0.15, 0.2) is 59.8 Å². The van der Waals surface area contributed by atoms with Crippen molar-refractivity contribution in [3.63, 3.8) is 0 Å². The molecule has 92 valence electrons. The van der Waals surface area contributed by atoms with Crippen molar-refractivity contribution in [1.82, 2.24) is 0 Å². The number of amidine groups is 1. The van der Waals surface area contributed by atoms with Crippen molar-refractivity contribution in [3.05, 3.63) is 71.3 Å². The molecule has 2 aromatic rings. The Morgan fingerprint density at radius 3 is 2.11 bits per heavy atom. The molecular formula is C15H16N2O. The zero-order chi connectivity index (χ0) is 13.0. The fourth-order valence-corrected chi connectivity index (χ4v) is 2.00. The van der Waals surface area contributed by atoms with Crippen molar-refractivity contribution in [2.75, 3.05) is 0 Å². The van der Waals surface area contributed by atoms with Gasteiger partial charge in [-0.05, 0) is 18.1 Å². The second-order valence-electron chi connectivity index (χ2n) is 4.28. The molecule has 0 heterocycles. The number of aryl methyl sites for hydroxylation is 1. The SMILES string of the molecule is Cc1ccc(C(/C(N)=N/O)c2ccccc2)cc1. The van der Waals surface area contributed by atoms with Crippen molar-refractivity contribution in [3.8, 4) is 0 Å². The van der Waals surface area contributed by atoms with E-state index in [1.165, 1.54) is 5.56 Å². The van der Waals surface area contributed by atoms with Crippen molar-refractivity contribution < 1.29 is 5.21 Å². The smallest absolute Gasteiger partial charge is 0.151 e. The summed E-state index contributed by atoms with van der Waals surface area (Å²) < 4.78 is 0. The van der Waals surface area contributed by atoms with Crippen molar-refractivity contribution in [2.45, 2.75) is 12.8 Å². The lowest BCUT2D eigenvalue weighted by molar-refractivity contribution is 0.316. The predicted molar refractivity (Wildman–Crippen MR) is 72.9 cm³/mol. The van der Waals surface area contributed by atoms with Gasteiger partial charge in [-0.3, -0.25) is 0 Å². The second kappa shape index (κ2) is 5.36. The lowest BCUT2D eigenvalue weighted by Crippen LogP contribution is -2.23. The average molecular weight is 240 g/mol. The molecule has 0 amide bonds. The fourth-order valence-electron chi connectivity index (χ4n) is 2.00. The standard InChI is InChI=1S/C15H16N2O/c1-11-7-9-13(10-8-11)14(15(16)17-18)12-5-3-2-4-6-12/h2-10,14,18H,1H3,(H2,16,17). The molecule has 3 heteroatoms. The lowest BCUT2D eigenvalue weighted by Gasteiger charge is -2.16. The maximum atomic E-state index is 8.95. The van der Waals surface area contributed by atoms with Crippen LogP contribution in [0, 0.1) is 6.92 Å². The van der Waals surface area contributed by atoms with Crippen LogP contribution in [0.1, 0.15) is 22.6 Å². The van der Waals surface area contributed by atoms with Gasteiger partial charge in [0, 0.05) is 0 Å². The number of oxime groups is 1. The molecule has 0 aliphatic carbocycles. The number of benzene rings is 2. The summed E-state index contributed by atoms with van der Waals surface area (Å²) in [4.78, 5) is 0. The van der Waals surface area contributed by atoms with Gasteiger partial charge in [-0.15, -0.1) is 0 Å². The van der Waals surface area contributed by atoms with E-state index in [1.54, 1.807) is 0 Å². The van der Waals surface area contributed by atoms with Crippen LogP contribution in [0.4, 0.5) is 0 Å². The summed E-state index contributed by atoms with van der Waals surface area (Å²) in [6.07, 6.45) is 0. The third-order valence-corrected chi connectivity index (χ3v) is 2.95. The Labute approximate surface area is 107 Å². The van der Waals surface area contributed by atoms with Gasteiger partial charge in [-0.2, -0.15) is 0 Å². The molecule has 1 atom stereocenters. The van der Waals surface area contributed by atoms with Crippen molar-refractivity contribution >= 4 is 5.84 Å². The molecule has 1 unspecified atom stereocenters. The Kier molecular flexibility index (Phi) is 3.63. The topological polar surface area (TPSA) is 58.6 Å². The number of hydrogen-bond donors (Lipinski definition) is 2. The van der Waals surface area contributed by atoms with Gasteiger partial charge in [0.2, 0.25) is 0 Å². The van der Waals surface area contributed by atoms with Gasteiger partial charge in [-0.25, -0.2) is 0 Å². The quantitative estimate of drug-likeness (QED) is 0.375. The minimum atomic E-state index is -0.211. The highest BCUT2D eigenvalue weighted by molar-refractivity contribution is 5.90. The summed E-state index contributed by atoms with van der Waals surface area (Å²) in [5, 5.41) is 12.1. The first-order chi connectivity index (χ1) is 8.72. The van der Waals surface area contributed by atoms with E-state index < -0.39 is 0 Å². The van der Waals surface area contributed by atoms with Crippen LogP contribution >= 0.6 is 0 Å². The minimum Gasteiger partial charge on any atom is -0.409 e. The zero-order valence-corrected chi connectivity index (χ0v) is 10.2. The monoisotopic (exact) mass is 240 g/mol. The predicted octanol–water partition coefficient (Wildman–Crippen LogP) is 2.87. The van der Waals surface area contributed by atoms with Crippen LogP contribution in [0.25, 0.3) is 0 Å². The molecule has 3 nitrogen and oxygen atoms in total. The fraction of sp³-hybridized carbons (Fsp3) is 0.133. The first kappa shape index (κ1) is 12.2. The number of nitrogens with zero attached hydrogens (tertiary/aromatic N) is 1. The van der Waals surface area contributed by atoms with Crippen LogP contribution in [-0.2, 0) is 0 Å². The van der Waals surface area contributed by atoms with Crippen LogP contribution in [-0.4, -0.2) is 11.0 Å². The molecule has 2 aromatic carbocycles. The highest BCUT2D eigenvalue weighted by Crippen LogP contribution is 2.25. The molecule has 18 heavy (non-hydrogen) atoms. The molecule has 0 radical (unpaired) electrons. The Morgan fingerprint density at radius 1 is 1.00 bits per heavy atom. The normalized spacial score (nSPS) is 13.3. The first-order valence-electron chi connectivity index (χ1n) is 5.81. The Morgan fingerprint density at radius 2 is 1.56 bits per heavy atom. The number of hydrogen-bond acceptors (Lipinski definition) is 2. The summed E-state index contributed by atoms with van der Waals surface area (Å²) in [5.74, 6) is -0.0122. The van der Waals surface area contributed by atoms with E-state index in [-0.39, 0.29) is 11.8 Å². The van der Waals surface area contributed by atoms with E-state index >= 15 is 0 Å². The van der Waals surface area contributed by atoms with Crippen molar-refractivity contribution in [2.24, 2.45) is 10.9 Å². The van der Waals surface area contributed by atoms with Gasteiger partial charge in [0.1, 0.15) is 0 Å². The Balaban J connectivity index is 2.47. The summed E-state index contributed by atoms with van der Waals surface area (Å²) in [6, 6.07) is 17.8. The maximum Gasteiger partial charge on any atom is 0.151 e. The van der Waals surface area contributed by atoms with Crippen LogP contribution in [0.3, 0.4) is 0 Å². The molecule has 2 rings (SSSR count). The third kappa shape index (κ3) is 2.51. The van der Waals surface area contributed by atoms with E-state index in [9.17, 15) is 0 Å².